The lowest BCUT2D eigenvalue weighted by Gasteiger charge is -2.11. The highest BCUT2D eigenvalue weighted by Gasteiger charge is 2.15. The fourth-order valence-electron chi connectivity index (χ4n) is 3.12. The van der Waals surface area contributed by atoms with Gasteiger partial charge in [0.1, 0.15) is 5.82 Å². The Kier molecular flexibility index (Phi) is 5.38. The van der Waals surface area contributed by atoms with Crippen LogP contribution in [0, 0.1) is 6.92 Å². The summed E-state index contributed by atoms with van der Waals surface area (Å²) >= 11 is 0. The lowest BCUT2D eigenvalue weighted by atomic mass is 10.1. The molecule has 10 nitrogen and oxygen atoms in total. The molecule has 4 heterocycles. The van der Waals surface area contributed by atoms with Crippen molar-refractivity contribution < 1.29 is 8.42 Å². The second-order valence-corrected chi connectivity index (χ2v) is 9.56. The van der Waals surface area contributed by atoms with Crippen LogP contribution < -0.4 is 5.32 Å². The summed E-state index contributed by atoms with van der Waals surface area (Å²) in [7, 11) is 1.48. The maximum Gasteiger partial charge on any atom is 0.217 e. The summed E-state index contributed by atoms with van der Waals surface area (Å²) in [5, 5.41) is 15.4. The van der Waals surface area contributed by atoms with Crippen molar-refractivity contribution in [1.82, 2.24) is 34.3 Å². The SMILES string of the molecule is Cc1nn(C)cc1-c1cnc2ccc(Nc3cc(CS(=O)(=O)N(C)C)cnn3)nc2c1. The van der Waals surface area contributed by atoms with Crippen molar-refractivity contribution >= 4 is 32.7 Å². The first kappa shape index (κ1) is 20.8. The lowest BCUT2D eigenvalue weighted by molar-refractivity contribution is 0.519. The Hall–Kier alpha value is -3.44. The molecule has 0 radical (unpaired) electrons. The topological polar surface area (TPSA) is 119 Å². The molecule has 0 saturated heterocycles. The molecule has 0 aliphatic heterocycles. The predicted octanol–water partition coefficient (Wildman–Crippen LogP) is 2.26. The van der Waals surface area contributed by atoms with Crippen molar-refractivity contribution in [2.75, 3.05) is 19.4 Å². The van der Waals surface area contributed by atoms with Crippen LogP contribution in [0.4, 0.5) is 11.6 Å². The Morgan fingerprint density at radius 2 is 1.90 bits per heavy atom. The maximum absolute atomic E-state index is 12.1. The molecule has 0 spiro atoms. The number of aromatic nitrogens is 6. The smallest absolute Gasteiger partial charge is 0.217 e. The number of nitrogens with zero attached hydrogens (tertiary/aromatic N) is 7. The van der Waals surface area contributed by atoms with E-state index < -0.39 is 10.0 Å². The van der Waals surface area contributed by atoms with Crippen molar-refractivity contribution in [2.45, 2.75) is 12.7 Å². The summed E-state index contributed by atoms with van der Waals surface area (Å²) in [4.78, 5) is 9.13. The van der Waals surface area contributed by atoms with Crippen LogP contribution in [0.1, 0.15) is 11.3 Å². The number of fused-ring (bicyclic) bond motifs is 1. The normalized spacial score (nSPS) is 11.9. The van der Waals surface area contributed by atoms with Gasteiger partial charge in [-0.1, -0.05) is 0 Å². The second kappa shape index (κ2) is 8.00. The third-order valence-corrected chi connectivity index (χ3v) is 6.55. The van der Waals surface area contributed by atoms with Gasteiger partial charge < -0.3 is 5.32 Å². The third kappa shape index (κ3) is 4.52. The van der Waals surface area contributed by atoms with E-state index >= 15 is 0 Å². The van der Waals surface area contributed by atoms with E-state index in [-0.39, 0.29) is 5.75 Å². The van der Waals surface area contributed by atoms with Crippen molar-refractivity contribution in [3.8, 4) is 11.1 Å². The molecule has 4 rings (SSSR count). The summed E-state index contributed by atoms with van der Waals surface area (Å²) in [6.45, 7) is 1.95. The number of sulfonamides is 1. The van der Waals surface area contributed by atoms with Gasteiger partial charge in [0.05, 0.1) is 28.7 Å². The molecule has 0 fully saturated rings. The van der Waals surface area contributed by atoms with E-state index in [2.05, 4.69) is 30.6 Å². The number of rotatable bonds is 6. The van der Waals surface area contributed by atoms with Gasteiger partial charge in [0.15, 0.2) is 5.82 Å². The monoisotopic (exact) mass is 438 g/mol. The quantitative estimate of drug-likeness (QED) is 0.487. The van der Waals surface area contributed by atoms with Gasteiger partial charge in [-0.05, 0) is 36.8 Å². The Bertz CT molecular complexity index is 1360. The maximum atomic E-state index is 12.1. The van der Waals surface area contributed by atoms with Crippen LogP contribution in [0.5, 0.6) is 0 Å². The Balaban J connectivity index is 1.62. The highest BCUT2D eigenvalue weighted by atomic mass is 32.2. The second-order valence-electron chi connectivity index (χ2n) is 7.37. The summed E-state index contributed by atoms with van der Waals surface area (Å²) in [5.74, 6) is 0.800. The molecular weight excluding hydrogens is 416 g/mol. The average molecular weight is 439 g/mol. The number of nitrogens with one attached hydrogen (secondary N) is 1. The minimum atomic E-state index is -3.40. The number of hydrogen-bond acceptors (Lipinski definition) is 8. The Morgan fingerprint density at radius 1 is 1.10 bits per heavy atom. The Morgan fingerprint density at radius 3 is 2.61 bits per heavy atom. The highest BCUT2D eigenvalue weighted by Crippen LogP contribution is 2.25. The van der Waals surface area contributed by atoms with E-state index in [1.165, 1.54) is 24.6 Å². The van der Waals surface area contributed by atoms with E-state index in [9.17, 15) is 8.42 Å². The zero-order valence-corrected chi connectivity index (χ0v) is 18.4. The fraction of sp³-hybridized carbons (Fsp3) is 0.250. The molecule has 0 aromatic carbocycles. The van der Waals surface area contributed by atoms with Crippen LogP contribution in [-0.2, 0) is 22.8 Å². The minimum Gasteiger partial charge on any atom is -0.323 e. The zero-order chi connectivity index (χ0) is 22.2. The molecule has 11 heteroatoms. The molecule has 160 valence electrons. The minimum absolute atomic E-state index is 0.160. The van der Waals surface area contributed by atoms with Gasteiger partial charge in [-0.15, -0.1) is 5.10 Å². The van der Waals surface area contributed by atoms with E-state index in [1.807, 2.05) is 32.3 Å². The lowest BCUT2D eigenvalue weighted by Crippen LogP contribution is -2.23. The van der Waals surface area contributed by atoms with Gasteiger partial charge >= 0.3 is 0 Å². The third-order valence-electron chi connectivity index (χ3n) is 4.73. The van der Waals surface area contributed by atoms with Gasteiger partial charge in [-0.2, -0.15) is 10.2 Å². The van der Waals surface area contributed by atoms with Gasteiger partial charge in [-0.25, -0.2) is 17.7 Å². The standard InChI is InChI=1S/C20H22N8O2S/c1-13-16(11-28(4)26-13)15-8-18-17(21-10-15)5-6-19(23-18)24-20-7-14(9-22-25-20)12-31(29,30)27(2)3/h5-11H,12H2,1-4H3,(H,23,24,25). The van der Waals surface area contributed by atoms with E-state index in [0.717, 1.165) is 22.3 Å². The Labute approximate surface area is 180 Å². The first-order chi connectivity index (χ1) is 14.7. The summed E-state index contributed by atoms with van der Waals surface area (Å²) < 4.78 is 27.2. The molecule has 4 aromatic heterocycles. The van der Waals surface area contributed by atoms with Gasteiger partial charge in [0, 0.05) is 44.7 Å². The van der Waals surface area contributed by atoms with Crippen LogP contribution in [0.3, 0.4) is 0 Å². The van der Waals surface area contributed by atoms with E-state index in [1.54, 1.807) is 23.0 Å². The van der Waals surface area contributed by atoms with E-state index in [0.29, 0.717) is 22.7 Å². The predicted molar refractivity (Wildman–Crippen MR) is 118 cm³/mol. The van der Waals surface area contributed by atoms with Crippen LogP contribution in [-0.4, -0.2) is 56.8 Å². The van der Waals surface area contributed by atoms with Crippen LogP contribution in [0.25, 0.3) is 22.2 Å². The first-order valence-corrected chi connectivity index (χ1v) is 11.1. The largest absolute Gasteiger partial charge is 0.323 e. The van der Waals surface area contributed by atoms with Crippen LogP contribution >= 0.6 is 0 Å². The number of anilines is 2. The molecule has 1 N–H and O–H groups in total. The van der Waals surface area contributed by atoms with Crippen molar-refractivity contribution in [1.29, 1.82) is 0 Å². The number of hydrogen-bond donors (Lipinski definition) is 1. The van der Waals surface area contributed by atoms with Gasteiger partial charge in [-0.3, -0.25) is 9.67 Å². The van der Waals surface area contributed by atoms with E-state index in [4.69, 9.17) is 0 Å². The molecule has 0 unspecified atom stereocenters. The summed E-state index contributed by atoms with van der Waals surface area (Å²) in [5.41, 5.74) is 4.84. The van der Waals surface area contributed by atoms with Crippen molar-refractivity contribution in [3.63, 3.8) is 0 Å². The van der Waals surface area contributed by atoms with Crippen molar-refractivity contribution in [3.05, 3.63) is 54.1 Å². The summed E-state index contributed by atoms with van der Waals surface area (Å²) in [6.07, 6.45) is 5.19. The highest BCUT2D eigenvalue weighted by molar-refractivity contribution is 7.88. The van der Waals surface area contributed by atoms with Gasteiger partial charge in [0.25, 0.3) is 0 Å². The van der Waals surface area contributed by atoms with Gasteiger partial charge in [0.2, 0.25) is 10.0 Å². The molecule has 0 atom stereocenters. The molecular formula is C20H22N8O2S. The number of pyridine rings is 2. The molecule has 4 aromatic rings. The molecule has 0 aliphatic rings. The average Bonchev–Trinajstić information content (AvgIpc) is 3.05. The first-order valence-electron chi connectivity index (χ1n) is 9.47. The van der Waals surface area contributed by atoms with Crippen LogP contribution in [0.2, 0.25) is 0 Å². The molecule has 0 saturated carbocycles. The van der Waals surface area contributed by atoms with Crippen molar-refractivity contribution in [2.24, 2.45) is 7.05 Å². The number of aryl methyl sites for hydroxylation is 2. The van der Waals surface area contributed by atoms with Crippen LogP contribution in [0.15, 0.2) is 42.9 Å². The molecule has 0 aliphatic carbocycles. The summed E-state index contributed by atoms with van der Waals surface area (Å²) in [6, 6.07) is 7.25. The zero-order valence-electron chi connectivity index (χ0n) is 17.6. The molecule has 31 heavy (non-hydrogen) atoms. The fourth-order valence-corrected chi connectivity index (χ4v) is 3.96. The molecule has 0 amide bonds. The molecule has 0 bridgehead atoms.